The summed E-state index contributed by atoms with van der Waals surface area (Å²) >= 11 is 0. The van der Waals surface area contributed by atoms with Gasteiger partial charge in [0, 0.05) is 22.3 Å². The molecule has 0 atom stereocenters. The van der Waals surface area contributed by atoms with Gasteiger partial charge in [-0.3, -0.25) is 0 Å². The number of rotatable bonds is 3. The minimum atomic E-state index is 0.904. The Balaban J connectivity index is 1.50. The zero-order valence-corrected chi connectivity index (χ0v) is 16.9. The predicted octanol–water partition coefficient (Wildman–Crippen LogP) is 7.92. The van der Waals surface area contributed by atoms with Gasteiger partial charge in [0.2, 0.25) is 0 Å². The molecule has 0 saturated heterocycles. The lowest BCUT2D eigenvalue weighted by atomic mass is 10.0. The summed E-state index contributed by atoms with van der Waals surface area (Å²) in [7, 11) is 0. The van der Waals surface area contributed by atoms with E-state index in [0.29, 0.717) is 0 Å². The Hall–Kier alpha value is -3.52. The summed E-state index contributed by atoms with van der Waals surface area (Å²) in [6, 6.07) is 27.7. The second-order valence-corrected chi connectivity index (χ2v) is 7.82. The van der Waals surface area contributed by atoms with Crippen LogP contribution >= 0.6 is 0 Å². The van der Waals surface area contributed by atoms with E-state index in [4.69, 9.17) is 4.42 Å². The lowest BCUT2D eigenvalue weighted by Gasteiger charge is -2.14. The highest BCUT2D eigenvalue weighted by Crippen LogP contribution is 2.32. The molecule has 5 aromatic rings. The van der Waals surface area contributed by atoms with E-state index in [1.165, 1.54) is 33.2 Å². The summed E-state index contributed by atoms with van der Waals surface area (Å²) in [6.07, 6.45) is 0. The average Bonchev–Trinajstić information content (AvgIpc) is 3.14. The molecule has 0 aliphatic rings. The molecular weight excluding hydrogens is 354 g/mol. The van der Waals surface area contributed by atoms with Gasteiger partial charge in [-0.2, -0.15) is 0 Å². The number of hydrogen-bond donors (Lipinski definition) is 1. The molecule has 0 fully saturated rings. The fraction of sp³-hybridized carbons (Fsp3) is 0.111. The second-order valence-electron chi connectivity index (χ2n) is 7.82. The molecule has 0 saturated carbocycles. The summed E-state index contributed by atoms with van der Waals surface area (Å²) in [5.41, 5.74) is 8.14. The first-order chi connectivity index (χ1) is 14.1. The number of nitrogens with one attached hydrogen (secondary N) is 1. The fourth-order valence-corrected chi connectivity index (χ4v) is 4.12. The first-order valence-electron chi connectivity index (χ1n) is 9.94. The number of aryl methyl sites for hydroxylation is 3. The summed E-state index contributed by atoms with van der Waals surface area (Å²) < 4.78 is 6.03. The number of anilines is 2. The van der Waals surface area contributed by atoms with Crippen LogP contribution in [-0.2, 0) is 0 Å². The zero-order valence-electron chi connectivity index (χ0n) is 16.9. The third-order valence-corrected chi connectivity index (χ3v) is 5.50. The average molecular weight is 377 g/mol. The van der Waals surface area contributed by atoms with Gasteiger partial charge in [0.25, 0.3) is 0 Å². The van der Waals surface area contributed by atoms with Gasteiger partial charge in [-0.25, -0.2) is 0 Å². The van der Waals surface area contributed by atoms with Gasteiger partial charge in [0.05, 0.1) is 0 Å². The van der Waals surface area contributed by atoms with E-state index in [1.807, 2.05) is 18.2 Å². The Morgan fingerprint density at radius 1 is 0.655 bits per heavy atom. The molecule has 0 spiro atoms. The first kappa shape index (κ1) is 17.6. The van der Waals surface area contributed by atoms with E-state index in [1.54, 1.807) is 0 Å². The van der Waals surface area contributed by atoms with Crippen molar-refractivity contribution in [1.29, 1.82) is 0 Å². The summed E-state index contributed by atoms with van der Waals surface area (Å²) in [4.78, 5) is 0. The van der Waals surface area contributed by atoms with Crippen molar-refractivity contribution in [3.8, 4) is 11.3 Å². The molecule has 0 unspecified atom stereocenters. The normalized spacial score (nSPS) is 11.3. The molecule has 0 aliphatic heterocycles. The highest BCUT2D eigenvalue weighted by atomic mass is 16.3. The van der Waals surface area contributed by atoms with E-state index >= 15 is 0 Å². The maximum Gasteiger partial charge on any atom is 0.135 e. The van der Waals surface area contributed by atoms with E-state index in [2.05, 4.69) is 86.8 Å². The van der Waals surface area contributed by atoms with Crippen molar-refractivity contribution in [2.24, 2.45) is 0 Å². The van der Waals surface area contributed by atoms with Crippen molar-refractivity contribution < 1.29 is 4.42 Å². The van der Waals surface area contributed by atoms with Crippen LogP contribution in [0.4, 0.5) is 11.4 Å². The molecule has 2 nitrogen and oxygen atoms in total. The SMILES string of the molecule is Cc1cc(C)c(Nc2ccc3cc(-c4cc5ccccc5o4)ccc3c2)c(C)c1. The molecule has 0 bridgehead atoms. The van der Waals surface area contributed by atoms with Crippen LogP contribution < -0.4 is 5.32 Å². The standard InChI is InChI=1S/C27H23NO/c1-17-12-18(2)27(19(3)13-17)28-24-11-10-20-14-23(9-8-21(20)15-24)26-16-22-6-4-5-7-25(22)29-26/h4-16,28H,1-3H3. The molecule has 29 heavy (non-hydrogen) atoms. The molecule has 142 valence electrons. The number of para-hydroxylation sites is 1. The lowest BCUT2D eigenvalue weighted by Crippen LogP contribution is -1.97. The van der Waals surface area contributed by atoms with Crippen LogP contribution in [0.25, 0.3) is 33.1 Å². The zero-order chi connectivity index (χ0) is 20.0. The molecule has 2 heteroatoms. The number of benzene rings is 4. The second kappa shape index (κ2) is 6.82. The van der Waals surface area contributed by atoms with Crippen molar-refractivity contribution in [1.82, 2.24) is 0 Å². The molecular formula is C27H23NO. The van der Waals surface area contributed by atoms with Crippen molar-refractivity contribution >= 4 is 33.1 Å². The van der Waals surface area contributed by atoms with Crippen molar-refractivity contribution in [2.45, 2.75) is 20.8 Å². The minimum absolute atomic E-state index is 0.904. The number of hydrogen-bond acceptors (Lipinski definition) is 2. The fourth-order valence-electron chi connectivity index (χ4n) is 4.12. The van der Waals surface area contributed by atoms with Crippen LogP contribution in [0.1, 0.15) is 16.7 Å². The minimum Gasteiger partial charge on any atom is -0.456 e. The monoisotopic (exact) mass is 377 g/mol. The van der Waals surface area contributed by atoms with Gasteiger partial charge >= 0.3 is 0 Å². The third kappa shape index (κ3) is 3.27. The van der Waals surface area contributed by atoms with Crippen molar-refractivity contribution in [3.63, 3.8) is 0 Å². The van der Waals surface area contributed by atoms with Crippen LogP contribution in [0.3, 0.4) is 0 Å². The molecule has 1 heterocycles. The van der Waals surface area contributed by atoms with Gasteiger partial charge in [0.15, 0.2) is 0 Å². The van der Waals surface area contributed by atoms with E-state index in [0.717, 1.165) is 28.0 Å². The van der Waals surface area contributed by atoms with Crippen molar-refractivity contribution in [3.05, 3.63) is 95.6 Å². The Morgan fingerprint density at radius 2 is 1.38 bits per heavy atom. The smallest absolute Gasteiger partial charge is 0.135 e. The molecule has 0 amide bonds. The van der Waals surface area contributed by atoms with E-state index < -0.39 is 0 Å². The molecule has 0 aliphatic carbocycles. The summed E-state index contributed by atoms with van der Waals surface area (Å²) in [6.45, 7) is 6.45. The number of furan rings is 1. The Labute approximate surface area is 170 Å². The van der Waals surface area contributed by atoms with E-state index in [9.17, 15) is 0 Å². The van der Waals surface area contributed by atoms with Gasteiger partial charge < -0.3 is 9.73 Å². The van der Waals surface area contributed by atoms with Gasteiger partial charge in [-0.05, 0) is 73.0 Å². The number of fused-ring (bicyclic) bond motifs is 2. The van der Waals surface area contributed by atoms with Gasteiger partial charge in [-0.1, -0.05) is 54.1 Å². The molecule has 1 aromatic heterocycles. The van der Waals surface area contributed by atoms with Crippen molar-refractivity contribution in [2.75, 3.05) is 5.32 Å². The summed E-state index contributed by atoms with van der Waals surface area (Å²) in [5.74, 6) is 0.904. The summed E-state index contributed by atoms with van der Waals surface area (Å²) in [5, 5.41) is 7.14. The molecule has 5 rings (SSSR count). The van der Waals surface area contributed by atoms with Crippen LogP contribution in [0.5, 0.6) is 0 Å². The Bertz CT molecular complexity index is 1300. The highest BCUT2D eigenvalue weighted by Gasteiger charge is 2.08. The molecule has 4 aromatic carbocycles. The largest absolute Gasteiger partial charge is 0.456 e. The predicted molar refractivity (Wildman–Crippen MR) is 123 cm³/mol. The Kier molecular flexibility index (Phi) is 4.13. The van der Waals surface area contributed by atoms with Crippen LogP contribution in [0, 0.1) is 20.8 Å². The van der Waals surface area contributed by atoms with Crippen LogP contribution in [-0.4, -0.2) is 0 Å². The maximum atomic E-state index is 6.03. The van der Waals surface area contributed by atoms with E-state index in [-0.39, 0.29) is 0 Å². The van der Waals surface area contributed by atoms with Gasteiger partial charge in [0.1, 0.15) is 11.3 Å². The van der Waals surface area contributed by atoms with Gasteiger partial charge in [-0.15, -0.1) is 0 Å². The quantitative estimate of drug-likeness (QED) is 0.345. The molecule has 1 N–H and O–H groups in total. The topological polar surface area (TPSA) is 25.2 Å². The van der Waals surface area contributed by atoms with Crippen LogP contribution in [0.15, 0.2) is 83.3 Å². The molecule has 0 radical (unpaired) electrons. The Morgan fingerprint density at radius 3 is 2.17 bits per heavy atom. The van der Waals surface area contributed by atoms with Crippen LogP contribution in [0.2, 0.25) is 0 Å². The first-order valence-corrected chi connectivity index (χ1v) is 9.94. The lowest BCUT2D eigenvalue weighted by molar-refractivity contribution is 0.631. The maximum absolute atomic E-state index is 6.03. The highest BCUT2D eigenvalue weighted by molar-refractivity contribution is 5.91. The third-order valence-electron chi connectivity index (χ3n) is 5.50.